The summed E-state index contributed by atoms with van der Waals surface area (Å²) in [6.07, 6.45) is 5.01. The maximum atomic E-state index is 4.36. The molecule has 0 saturated carbocycles. The zero-order chi connectivity index (χ0) is 11.5. The lowest BCUT2D eigenvalue weighted by atomic mass is 10.4. The number of H-pyrrole nitrogens is 1. The van der Waals surface area contributed by atoms with Crippen molar-refractivity contribution in [2.24, 2.45) is 0 Å². The van der Waals surface area contributed by atoms with Crippen LogP contribution in [0.3, 0.4) is 0 Å². The van der Waals surface area contributed by atoms with Crippen LogP contribution in [0.15, 0.2) is 36.8 Å². The first-order valence-corrected chi connectivity index (χ1v) is 5.22. The SMILES string of the molecule is c1cc(CNc2ccc3nccnc3n2)[nH]n1. The van der Waals surface area contributed by atoms with Gasteiger partial charge in [-0.15, -0.1) is 0 Å². The van der Waals surface area contributed by atoms with Crippen LogP contribution in [0.25, 0.3) is 11.2 Å². The summed E-state index contributed by atoms with van der Waals surface area (Å²) >= 11 is 0. The van der Waals surface area contributed by atoms with Crippen LogP contribution in [0.1, 0.15) is 5.69 Å². The van der Waals surface area contributed by atoms with E-state index >= 15 is 0 Å². The fourth-order valence-electron chi connectivity index (χ4n) is 1.52. The summed E-state index contributed by atoms with van der Waals surface area (Å²) in [6, 6.07) is 5.69. The Hall–Kier alpha value is -2.50. The highest BCUT2D eigenvalue weighted by Crippen LogP contribution is 2.10. The minimum absolute atomic E-state index is 0.641. The smallest absolute Gasteiger partial charge is 0.180 e. The second-order valence-electron chi connectivity index (χ2n) is 3.53. The van der Waals surface area contributed by atoms with Crippen molar-refractivity contribution in [1.82, 2.24) is 25.1 Å². The standard InChI is InChI=1S/C11H10N6/c1-2-10(14-7-8-3-4-15-17-8)16-11-9(1)12-5-6-13-11/h1-6H,7H2,(H,15,17)(H,13,14,16). The number of fused-ring (bicyclic) bond motifs is 1. The Morgan fingerprint density at radius 1 is 1.06 bits per heavy atom. The van der Waals surface area contributed by atoms with E-state index in [0.717, 1.165) is 17.0 Å². The molecule has 0 atom stereocenters. The van der Waals surface area contributed by atoms with Crippen molar-refractivity contribution >= 4 is 17.0 Å². The average Bonchev–Trinajstić information content (AvgIpc) is 2.89. The predicted molar refractivity (Wildman–Crippen MR) is 63.2 cm³/mol. The average molecular weight is 226 g/mol. The van der Waals surface area contributed by atoms with E-state index in [-0.39, 0.29) is 0 Å². The van der Waals surface area contributed by atoms with E-state index < -0.39 is 0 Å². The zero-order valence-electron chi connectivity index (χ0n) is 8.96. The van der Waals surface area contributed by atoms with Gasteiger partial charge in [0.25, 0.3) is 0 Å². The number of rotatable bonds is 3. The second-order valence-corrected chi connectivity index (χ2v) is 3.53. The van der Waals surface area contributed by atoms with Crippen LogP contribution in [-0.4, -0.2) is 25.1 Å². The maximum absolute atomic E-state index is 4.36. The summed E-state index contributed by atoms with van der Waals surface area (Å²) in [5.74, 6) is 0.771. The Labute approximate surface area is 97.1 Å². The highest BCUT2D eigenvalue weighted by atomic mass is 15.1. The molecule has 0 bridgehead atoms. The molecule has 3 aromatic rings. The topological polar surface area (TPSA) is 79.4 Å². The van der Waals surface area contributed by atoms with E-state index in [0.29, 0.717) is 12.2 Å². The van der Waals surface area contributed by atoms with Crippen LogP contribution in [0.4, 0.5) is 5.82 Å². The van der Waals surface area contributed by atoms with Crippen molar-refractivity contribution in [3.05, 3.63) is 42.5 Å². The van der Waals surface area contributed by atoms with Gasteiger partial charge in [-0.25, -0.2) is 9.97 Å². The van der Waals surface area contributed by atoms with Crippen molar-refractivity contribution in [1.29, 1.82) is 0 Å². The van der Waals surface area contributed by atoms with Crippen molar-refractivity contribution in [2.45, 2.75) is 6.54 Å². The van der Waals surface area contributed by atoms with Gasteiger partial charge in [0, 0.05) is 18.6 Å². The Bertz CT molecular complexity index is 619. The molecule has 0 radical (unpaired) electrons. The molecule has 0 unspecified atom stereocenters. The number of aromatic nitrogens is 5. The van der Waals surface area contributed by atoms with Crippen LogP contribution < -0.4 is 5.32 Å². The fourth-order valence-corrected chi connectivity index (χ4v) is 1.52. The number of nitrogens with one attached hydrogen (secondary N) is 2. The Kier molecular flexibility index (Phi) is 2.38. The van der Waals surface area contributed by atoms with E-state index in [1.807, 2.05) is 18.2 Å². The monoisotopic (exact) mass is 226 g/mol. The van der Waals surface area contributed by atoms with Gasteiger partial charge >= 0.3 is 0 Å². The summed E-state index contributed by atoms with van der Waals surface area (Å²) in [4.78, 5) is 12.7. The maximum Gasteiger partial charge on any atom is 0.180 e. The molecule has 0 aliphatic heterocycles. The van der Waals surface area contributed by atoms with E-state index in [1.165, 1.54) is 0 Å². The highest BCUT2D eigenvalue weighted by Gasteiger charge is 2.00. The molecule has 2 N–H and O–H groups in total. The second kappa shape index (κ2) is 4.17. The molecule has 0 fully saturated rings. The van der Waals surface area contributed by atoms with Crippen molar-refractivity contribution in [2.75, 3.05) is 5.32 Å². The Balaban J connectivity index is 1.81. The van der Waals surface area contributed by atoms with Gasteiger partial charge in [-0.05, 0) is 18.2 Å². The molecule has 3 rings (SSSR count). The molecule has 0 spiro atoms. The number of aromatic amines is 1. The fraction of sp³-hybridized carbons (Fsp3) is 0.0909. The molecule has 17 heavy (non-hydrogen) atoms. The van der Waals surface area contributed by atoms with Crippen LogP contribution in [0, 0.1) is 0 Å². The highest BCUT2D eigenvalue weighted by molar-refractivity contribution is 5.71. The molecule has 6 nitrogen and oxygen atoms in total. The van der Waals surface area contributed by atoms with Gasteiger partial charge in [-0.2, -0.15) is 5.10 Å². The van der Waals surface area contributed by atoms with Gasteiger partial charge in [-0.1, -0.05) is 0 Å². The summed E-state index contributed by atoms with van der Waals surface area (Å²) in [6.45, 7) is 0.652. The third kappa shape index (κ3) is 2.05. The number of pyridine rings is 1. The van der Waals surface area contributed by atoms with Crippen molar-refractivity contribution < 1.29 is 0 Å². The number of anilines is 1. The van der Waals surface area contributed by atoms with E-state index in [4.69, 9.17) is 0 Å². The predicted octanol–water partition coefficient (Wildman–Crippen LogP) is 1.36. The van der Waals surface area contributed by atoms with E-state index in [1.54, 1.807) is 18.6 Å². The third-order valence-corrected chi connectivity index (χ3v) is 2.35. The number of nitrogens with zero attached hydrogens (tertiary/aromatic N) is 4. The molecule has 84 valence electrons. The largest absolute Gasteiger partial charge is 0.364 e. The summed E-state index contributed by atoms with van der Waals surface area (Å²) < 4.78 is 0. The zero-order valence-corrected chi connectivity index (χ0v) is 8.96. The lowest BCUT2D eigenvalue weighted by Gasteiger charge is -2.04. The third-order valence-electron chi connectivity index (χ3n) is 2.35. The van der Waals surface area contributed by atoms with Crippen LogP contribution in [-0.2, 0) is 6.54 Å². The molecular formula is C11H10N6. The minimum Gasteiger partial charge on any atom is -0.364 e. The molecule has 3 heterocycles. The lowest BCUT2D eigenvalue weighted by molar-refractivity contribution is 0.975. The summed E-state index contributed by atoms with van der Waals surface area (Å²) in [7, 11) is 0. The first-order valence-electron chi connectivity index (χ1n) is 5.22. The Morgan fingerprint density at radius 2 is 2.00 bits per heavy atom. The molecule has 0 aliphatic rings. The first-order chi connectivity index (χ1) is 8.42. The van der Waals surface area contributed by atoms with Crippen LogP contribution in [0.5, 0.6) is 0 Å². The van der Waals surface area contributed by atoms with E-state index in [2.05, 4.69) is 30.5 Å². The van der Waals surface area contributed by atoms with Gasteiger partial charge < -0.3 is 5.32 Å². The molecule has 0 aromatic carbocycles. The van der Waals surface area contributed by atoms with Gasteiger partial charge in [0.15, 0.2) is 5.65 Å². The van der Waals surface area contributed by atoms with Crippen molar-refractivity contribution in [3.63, 3.8) is 0 Å². The van der Waals surface area contributed by atoms with Gasteiger partial charge in [0.05, 0.1) is 12.2 Å². The Morgan fingerprint density at radius 3 is 2.88 bits per heavy atom. The van der Waals surface area contributed by atoms with Crippen LogP contribution >= 0.6 is 0 Å². The molecule has 0 saturated heterocycles. The van der Waals surface area contributed by atoms with Gasteiger partial charge in [0.2, 0.25) is 0 Å². The summed E-state index contributed by atoms with van der Waals surface area (Å²) in [5.41, 5.74) is 2.44. The van der Waals surface area contributed by atoms with Gasteiger partial charge in [0.1, 0.15) is 11.3 Å². The number of hydrogen-bond acceptors (Lipinski definition) is 5. The van der Waals surface area contributed by atoms with Gasteiger partial charge in [-0.3, -0.25) is 10.1 Å². The van der Waals surface area contributed by atoms with E-state index in [9.17, 15) is 0 Å². The molecular weight excluding hydrogens is 216 g/mol. The lowest BCUT2D eigenvalue weighted by Crippen LogP contribution is -2.02. The molecule has 6 heteroatoms. The molecule has 3 aromatic heterocycles. The minimum atomic E-state index is 0.641. The first kappa shape index (κ1) is 9.71. The number of hydrogen-bond donors (Lipinski definition) is 2. The normalized spacial score (nSPS) is 10.6. The summed E-state index contributed by atoms with van der Waals surface area (Å²) in [5, 5.41) is 9.94. The van der Waals surface area contributed by atoms with Crippen LogP contribution in [0.2, 0.25) is 0 Å². The molecule has 0 aliphatic carbocycles. The molecule has 0 amide bonds. The quantitative estimate of drug-likeness (QED) is 0.705. The van der Waals surface area contributed by atoms with Crippen molar-refractivity contribution in [3.8, 4) is 0 Å².